The van der Waals surface area contributed by atoms with Crippen LogP contribution in [0.5, 0.6) is 5.75 Å². The molecular formula is C17H18F3IN2O3S. The molecule has 0 unspecified atom stereocenters. The molecule has 10 heteroatoms. The molecule has 2 aromatic rings. The van der Waals surface area contributed by atoms with E-state index >= 15 is 0 Å². The summed E-state index contributed by atoms with van der Waals surface area (Å²) in [6.45, 7) is 1.12. The summed E-state index contributed by atoms with van der Waals surface area (Å²) in [6.07, 6.45) is -4.52. The standard InChI is InChI=1S/C17H18F3IN2O3S/c1-23(2)9-10-26-16-11-13(5-8-15(16)21)22-27(24,25)14-6-3-12(4-7-14)17(18,19)20/h3-8,11,22H,9-10H2,1-2H3. The SMILES string of the molecule is CN(C)CCOc1cc(NS(=O)(=O)c2ccc(C(F)(F)F)cc2)ccc1I. The van der Waals surface area contributed by atoms with Crippen molar-refractivity contribution in [2.24, 2.45) is 0 Å². The molecule has 0 bridgehead atoms. The molecule has 0 aromatic heterocycles. The van der Waals surface area contributed by atoms with Gasteiger partial charge in [0.15, 0.2) is 0 Å². The third-order valence-electron chi connectivity index (χ3n) is 3.47. The fourth-order valence-electron chi connectivity index (χ4n) is 2.05. The zero-order chi connectivity index (χ0) is 20.2. The number of hydrogen-bond donors (Lipinski definition) is 1. The van der Waals surface area contributed by atoms with Gasteiger partial charge in [0.05, 0.1) is 19.7 Å². The Balaban J connectivity index is 2.17. The predicted octanol–water partition coefficient (Wildman–Crippen LogP) is 4.05. The molecule has 5 nitrogen and oxygen atoms in total. The van der Waals surface area contributed by atoms with Gasteiger partial charge < -0.3 is 9.64 Å². The van der Waals surface area contributed by atoms with E-state index in [4.69, 9.17) is 4.74 Å². The summed E-state index contributed by atoms with van der Waals surface area (Å²) in [7, 11) is -0.211. The number of benzene rings is 2. The second-order valence-corrected chi connectivity index (χ2v) is 8.77. The number of anilines is 1. The number of rotatable bonds is 7. The predicted molar refractivity (Wildman–Crippen MR) is 105 cm³/mol. The molecule has 0 heterocycles. The van der Waals surface area contributed by atoms with E-state index in [-0.39, 0.29) is 10.6 Å². The molecule has 0 aliphatic carbocycles. The number of alkyl halides is 3. The van der Waals surface area contributed by atoms with Gasteiger partial charge >= 0.3 is 6.18 Å². The molecule has 0 atom stereocenters. The fourth-order valence-corrected chi connectivity index (χ4v) is 3.59. The summed E-state index contributed by atoms with van der Waals surface area (Å²) in [5.41, 5.74) is -0.650. The van der Waals surface area contributed by atoms with Crippen molar-refractivity contribution in [3.8, 4) is 5.75 Å². The number of hydrogen-bond acceptors (Lipinski definition) is 4. The monoisotopic (exact) mass is 514 g/mol. The zero-order valence-corrected chi connectivity index (χ0v) is 17.5. The van der Waals surface area contributed by atoms with Gasteiger partial charge in [-0.25, -0.2) is 8.42 Å². The maximum absolute atomic E-state index is 12.6. The van der Waals surface area contributed by atoms with Gasteiger partial charge in [-0.1, -0.05) is 0 Å². The van der Waals surface area contributed by atoms with Gasteiger partial charge in [0.25, 0.3) is 10.0 Å². The molecule has 0 aliphatic rings. The number of halogens is 4. The smallest absolute Gasteiger partial charge is 0.416 e. The summed E-state index contributed by atoms with van der Waals surface area (Å²) in [5, 5.41) is 0. The number of ether oxygens (including phenoxy) is 1. The van der Waals surface area contributed by atoms with Crippen LogP contribution in [0.3, 0.4) is 0 Å². The fraction of sp³-hybridized carbons (Fsp3) is 0.294. The molecule has 0 spiro atoms. The Kier molecular flexibility index (Phi) is 6.98. The number of sulfonamides is 1. The normalized spacial score (nSPS) is 12.3. The number of nitrogens with zero attached hydrogens (tertiary/aromatic N) is 1. The Morgan fingerprint density at radius 2 is 1.74 bits per heavy atom. The molecule has 2 aromatic carbocycles. The lowest BCUT2D eigenvalue weighted by atomic mass is 10.2. The van der Waals surface area contributed by atoms with E-state index in [9.17, 15) is 21.6 Å². The van der Waals surface area contributed by atoms with Gasteiger partial charge in [-0.3, -0.25) is 4.72 Å². The summed E-state index contributed by atoms with van der Waals surface area (Å²) < 4.78 is 71.5. The molecule has 0 saturated heterocycles. The van der Waals surface area contributed by atoms with Crippen LogP contribution in [0.2, 0.25) is 0 Å². The second kappa shape index (κ2) is 8.65. The van der Waals surface area contributed by atoms with Crippen molar-refractivity contribution in [1.82, 2.24) is 4.90 Å². The highest BCUT2D eigenvalue weighted by Crippen LogP contribution is 2.30. The molecule has 0 aliphatic heterocycles. The summed E-state index contributed by atoms with van der Waals surface area (Å²) in [6, 6.07) is 8.10. The summed E-state index contributed by atoms with van der Waals surface area (Å²) in [4.78, 5) is 1.69. The third-order valence-corrected chi connectivity index (χ3v) is 5.76. The van der Waals surface area contributed by atoms with E-state index in [1.807, 2.05) is 19.0 Å². The Hall–Kier alpha value is -1.53. The van der Waals surface area contributed by atoms with Crippen LogP contribution < -0.4 is 9.46 Å². The summed E-state index contributed by atoms with van der Waals surface area (Å²) >= 11 is 2.07. The number of nitrogens with one attached hydrogen (secondary N) is 1. The lowest BCUT2D eigenvalue weighted by Gasteiger charge is -2.14. The van der Waals surface area contributed by atoms with E-state index in [2.05, 4.69) is 27.3 Å². The molecule has 0 saturated carbocycles. The van der Waals surface area contributed by atoms with Crippen LogP contribution in [0.4, 0.5) is 18.9 Å². The van der Waals surface area contributed by atoms with Crippen LogP contribution in [0, 0.1) is 3.57 Å². The average molecular weight is 514 g/mol. The first kappa shape index (κ1) is 21.8. The van der Waals surface area contributed by atoms with Gasteiger partial charge in [0.2, 0.25) is 0 Å². The first-order valence-electron chi connectivity index (χ1n) is 7.76. The number of likely N-dealkylation sites (N-methyl/N-ethyl adjacent to an activating group) is 1. The quantitative estimate of drug-likeness (QED) is 0.567. The van der Waals surface area contributed by atoms with Crippen LogP contribution in [0.15, 0.2) is 47.4 Å². The lowest BCUT2D eigenvalue weighted by molar-refractivity contribution is -0.137. The highest BCUT2D eigenvalue weighted by atomic mass is 127. The van der Waals surface area contributed by atoms with E-state index < -0.39 is 21.8 Å². The lowest BCUT2D eigenvalue weighted by Crippen LogP contribution is -2.19. The first-order valence-corrected chi connectivity index (χ1v) is 10.3. The van der Waals surface area contributed by atoms with Crippen LogP contribution in [0.25, 0.3) is 0 Å². The molecule has 0 amide bonds. The summed E-state index contributed by atoms with van der Waals surface area (Å²) in [5.74, 6) is 0.519. The van der Waals surface area contributed by atoms with Crippen LogP contribution in [-0.2, 0) is 16.2 Å². The topological polar surface area (TPSA) is 58.6 Å². The third kappa shape index (κ3) is 6.25. The maximum atomic E-state index is 12.6. The van der Waals surface area contributed by atoms with Gasteiger partial charge in [-0.05, 0) is 73.1 Å². The van der Waals surface area contributed by atoms with Gasteiger partial charge in [0.1, 0.15) is 12.4 Å². The molecule has 27 heavy (non-hydrogen) atoms. The maximum Gasteiger partial charge on any atom is 0.416 e. The van der Waals surface area contributed by atoms with Crippen molar-refractivity contribution in [3.05, 3.63) is 51.6 Å². The first-order chi connectivity index (χ1) is 12.5. The minimum Gasteiger partial charge on any atom is -0.491 e. The van der Waals surface area contributed by atoms with Crippen LogP contribution in [-0.4, -0.2) is 40.6 Å². The van der Waals surface area contributed by atoms with Gasteiger partial charge in [-0.2, -0.15) is 13.2 Å². The van der Waals surface area contributed by atoms with Crippen molar-refractivity contribution in [2.75, 3.05) is 32.0 Å². The Bertz CT molecular complexity index is 885. The molecular weight excluding hydrogens is 496 g/mol. The highest BCUT2D eigenvalue weighted by Gasteiger charge is 2.30. The molecule has 2 rings (SSSR count). The Morgan fingerprint density at radius 3 is 2.30 bits per heavy atom. The minimum absolute atomic E-state index is 0.259. The Morgan fingerprint density at radius 1 is 1.11 bits per heavy atom. The van der Waals surface area contributed by atoms with E-state index in [0.717, 1.165) is 27.8 Å². The van der Waals surface area contributed by atoms with Crippen molar-refractivity contribution in [3.63, 3.8) is 0 Å². The molecule has 0 fully saturated rings. The van der Waals surface area contributed by atoms with Crippen LogP contribution >= 0.6 is 22.6 Å². The van der Waals surface area contributed by atoms with Crippen molar-refractivity contribution < 1.29 is 26.3 Å². The van der Waals surface area contributed by atoms with E-state index in [1.54, 1.807) is 18.2 Å². The highest BCUT2D eigenvalue weighted by molar-refractivity contribution is 14.1. The van der Waals surface area contributed by atoms with E-state index in [1.165, 1.54) is 0 Å². The van der Waals surface area contributed by atoms with Crippen molar-refractivity contribution >= 4 is 38.3 Å². The second-order valence-electron chi connectivity index (χ2n) is 5.92. The molecule has 0 radical (unpaired) electrons. The zero-order valence-electron chi connectivity index (χ0n) is 14.5. The van der Waals surface area contributed by atoms with Gasteiger partial charge in [0, 0.05) is 12.6 Å². The van der Waals surface area contributed by atoms with Crippen molar-refractivity contribution in [1.29, 1.82) is 0 Å². The Labute approximate surface area is 169 Å². The van der Waals surface area contributed by atoms with Crippen LogP contribution in [0.1, 0.15) is 5.56 Å². The van der Waals surface area contributed by atoms with Gasteiger partial charge in [-0.15, -0.1) is 0 Å². The van der Waals surface area contributed by atoms with Crippen molar-refractivity contribution in [2.45, 2.75) is 11.1 Å². The molecule has 148 valence electrons. The molecule has 1 N–H and O–H groups in total. The van der Waals surface area contributed by atoms with E-state index in [0.29, 0.717) is 18.9 Å². The average Bonchev–Trinajstić information content (AvgIpc) is 2.56. The minimum atomic E-state index is -4.52. The largest absolute Gasteiger partial charge is 0.491 e.